The number of nitrogens with zero attached hydrogens (tertiary/aromatic N) is 3. The van der Waals surface area contributed by atoms with Crippen LogP contribution in [0.2, 0.25) is 0 Å². The van der Waals surface area contributed by atoms with E-state index in [0.717, 1.165) is 19.6 Å². The van der Waals surface area contributed by atoms with Crippen LogP contribution in [0.1, 0.15) is 35.8 Å². The Bertz CT molecular complexity index is 408. The van der Waals surface area contributed by atoms with Gasteiger partial charge >= 0.3 is 0 Å². The summed E-state index contributed by atoms with van der Waals surface area (Å²) < 4.78 is 1.77. The molecule has 92 valence electrons. The largest absolute Gasteiger partial charge is 0.350 e. The second-order valence-electron chi connectivity index (χ2n) is 4.90. The van der Waals surface area contributed by atoms with E-state index in [4.69, 9.17) is 0 Å². The van der Waals surface area contributed by atoms with E-state index < -0.39 is 0 Å². The molecule has 1 aliphatic carbocycles. The van der Waals surface area contributed by atoms with Gasteiger partial charge in [-0.2, -0.15) is 0 Å². The van der Waals surface area contributed by atoms with E-state index in [0.29, 0.717) is 17.7 Å². The normalized spacial score (nSPS) is 20.7. The summed E-state index contributed by atoms with van der Waals surface area (Å²) in [7, 11) is 0. The van der Waals surface area contributed by atoms with Crippen LogP contribution < -0.4 is 10.6 Å². The molecule has 2 N–H and O–H groups in total. The molecule has 1 saturated carbocycles. The maximum atomic E-state index is 11.8. The van der Waals surface area contributed by atoms with Gasteiger partial charge in [-0.1, -0.05) is 11.6 Å². The molecule has 0 aromatic carbocycles. The molecular formula is C11H17N5O. The Morgan fingerprint density at radius 3 is 2.94 bits per heavy atom. The van der Waals surface area contributed by atoms with Gasteiger partial charge in [0.05, 0.1) is 12.2 Å². The number of hydrogen-bond donors (Lipinski definition) is 2. The van der Waals surface area contributed by atoms with Crippen molar-refractivity contribution in [3.05, 3.63) is 11.9 Å². The van der Waals surface area contributed by atoms with Gasteiger partial charge in [-0.25, -0.2) is 4.68 Å². The Morgan fingerprint density at radius 1 is 1.53 bits per heavy atom. The molecule has 1 aromatic rings. The summed E-state index contributed by atoms with van der Waals surface area (Å²) in [6.07, 6.45) is 5.51. The van der Waals surface area contributed by atoms with Crippen molar-refractivity contribution in [3.63, 3.8) is 0 Å². The average molecular weight is 235 g/mol. The molecule has 2 heterocycles. The maximum Gasteiger partial charge on any atom is 0.273 e. The highest BCUT2D eigenvalue weighted by Gasteiger charge is 2.22. The van der Waals surface area contributed by atoms with Crippen LogP contribution in [-0.4, -0.2) is 40.5 Å². The number of amides is 1. The predicted molar refractivity (Wildman–Crippen MR) is 61.6 cm³/mol. The first kappa shape index (κ1) is 10.7. The van der Waals surface area contributed by atoms with Crippen molar-refractivity contribution in [3.8, 4) is 0 Å². The third-order valence-corrected chi connectivity index (χ3v) is 3.65. The molecule has 0 atom stereocenters. The zero-order valence-corrected chi connectivity index (χ0v) is 9.72. The SMILES string of the molecule is O=C(NCC1CCC1)c1cn(C2CNC2)nn1. The first-order valence-corrected chi connectivity index (χ1v) is 6.23. The molecule has 0 unspecified atom stereocenters. The van der Waals surface area contributed by atoms with Gasteiger partial charge in [-0.15, -0.1) is 5.10 Å². The summed E-state index contributed by atoms with van der Waals surface area (Å²) in [4.78, 5) is 11.8. The number of rotatable bonds is 4. The summed E-state index contributed by atoms with van der Waals surface area (Å²) in [5.74, 6) is 0.570. The molecule has 6 heteroatoms. The third kappa shape index (κ3) is 2.17. The van der Waals surface area contributed by atoms with Crippen molar-refractivity contribution in [2.45, 2.75) is 25.3 Å². The first-order valence-electron chi connectivity index (χ1n) is 6.23. The minimum atomic E-state index is -0.101. The average Bonchev–Trinajstić information content (AvgIpc) is 2.61. The van der Waals surface area contributed by atoms with Crippen LogP contribution in [0.15, 0.2) is 6.20 Å². The zero-order chi connectivity index (χ0) is 11.7. The van der Waals surface area contributed by atoms with Crippen molar-refractivity contribution in [1.82, 2.24) is 25.6 Å². The topological polar surface area (TPSA) is 71.8 Å². The summed E-state index contributed by atoms with van der Waals surface area (Å²) in [5, 5.41) is 14.0. The maximum absolute atomic E-state index is 11.8. The van der Waals surface area contributed by atoms with Crippen LogP contribution in [0.25, 0.3) is 0 Å². The van der Waals surface area contributed by atoms with Crippen LogP contribution in [0.3, 0.4) is 0 Å². The number of carbonyl (C=O) groups excluding carboxylic acids is 1. The van der Waals surface area contributed by atoms with Crippen molar-refractivity contribution in [1.29, 1.82) is 0 Å². The lowest BCUT2D eigenvalue weighted by Crippen LogP contribution is -2.43. The van der Waals surface area contributed by atoms with Crippen molar-refractivity contribution < 1.29 is 4.79 Å². The number of nitrogens with one attached hydrogen (secondary N) is 2. The second-order valence-corrected chi connectivity index (χ2v) is 4.90. The molecule has 6 nitrogen and oxygen atoms in total. The van der Waals surface area contributed by atoms with E-state index in [2.05, 4.69) is 20.9 Å². The Balaban J connectivity index is 1.54. The van der Waals surface area contributed by atoms with E-state index in [1.807, 2.05) is 0 Å². The Morgan fingerprint density at radius 2 is 2.35 bits per heavy atom. The van der Waals surface area contributed by atoms with E-state index in [1.54, 1.807) is 10.9 Å². The van der Waals surface area contributed by atoms with E-state index in [1.165, 1.54) is 19.3 Å². The lowest BCUT2D eigenvalue weighted by atomic mass is 9.85. The second kappa shape index (κ2) is 4.44. The molecule has 0 bridgehead atoms. The Labute approximate surface area is 99.8 Å². The minimum Gasteiger partial charge on any atom is -0.350 e. The van der Waals surface area contributed by atoms with Gasteiger partial charge < -0.3 is 10.6 Å². The molecular weight excluding hydrogens is 218 g/mol. The first-order chi connectivity index (χ1) is 8.33. The van der Waals surface area contributed by atoms with Gasteiger partial charge in [-0.05, 0) is 18.8 Å². The van der Waals surface area contributed by atoms with Crippen LogP contribution in [0.5, 0.6) is 0 Å². The van der Waals surface area contributed by atoms with Crippen molar-refractivity contribution in [2.75, 3.05) is 19.6 Å². The molecule has 1 saturated heterocycles. The standard InChI is InChI=1S/C11H17N5O/c17-11(13-4-8-2-1-3-8)10-7-16(15-14-10)9-5-12-6-9/h7-9,12H,1-6H2,(H,13,17). The van der Waals surface area contributed by atoms with E-state index >= 15 is 0 Å². The van der Waals surface area contributed by atoms with Crippen LogP contribution in [0.4, 0.5) is 0 Å². The molecule has 2 aliphatic rings. The highest BCUT2D eigenvalue weighted by Crippen LogP contribution is 2.25. The van der Waals surface area contributed by atoms with Gasteiger partial charge in [0.25, 0.3) is 5.91 Å². The van der Waals surface area contributed by atoms with Gasteiger partial charge in [0.1, 0.15) is 0 Å². The van der Waals surface area contributed by atoms with Gasteiger partial charge in [0, 0.05) is 19.6 Å². The zero-order valence-electron chi connectivity index (χ0n) is 9.72. The highest BCUT2D eigenvalue weighted by atomic mass is 16.2. The van der Waals surface area contributed by atoms with Gasteiger partial charge in [-0.3, -0.25) is 4.79 Å². The minimum absolute atomic E-state index is 0.101. The third-order valence-electron chi connectivity index (χ3n) is 3.65. The summed E-state index contributed by atoms with van der Waals surface area (Å²) >= 11 is 0. The summed E-state index contributed by atoms with van der Waals surface area (Å²) in [6.45, 7) is 2.59. The van der Waals surface area contributed by atoms with Crippen LogP contribution >= 0.6 is 0 Å². The molecule has 0 radical (unpaired) electrons. The molecule has 1 amide bonds. The van der Waals surface area contributed by atoms with Gasteiger partial charge in [0.15, 0.2) is 5.69 Å². The molecule has 3 rings (SSSR count). The fourth-order valence-corrected chi connectivity index (χ4v) is 2.04. The quantitative estimate of drug-likeness (QED) is 0.767. The van der Waals surface area contributed by atoms with Crippen molar-refractivity contribution in [2.24, 2.45) is 5.92 Å². The van der Waals surface area contributed by atoms with E-state index in [-0.39, 0.29) is 5.91 Å². The van der Waals surface area contributed by atoms with Crippen molar-refractivity contribution >= 4 is 5.91 Å². The number of aromatic nitrogens is 3. The fourth-order valence-electron chi connectivity index (χ4n) is 2.04. The lowest BCUT2D eigenvalue weighted by Gasteiger charge is -2.26. The Hall–Kier alpha value is -1.43. The smallest absolute Gasteiger partial charge is 0.273 e. The Kier molecular flexibility index (Phi) is 2.80. The number of carbonyl (C=O) groups is 1. The fraction of sp³-hybridized carbons (Fsp3) is 0.727. The summed E-state index contributed by atoms with van der Waals surface area (Å²) in [5.41, 5.74) is 0.427. The highest BCUT2D eigenvalue weighted by molar-refractivity contribution is 5.91. The van der Waals surface area contributed by atoms with E-state index in [9.17, 15) is 4.79 Å². The summed E-state index contributed by atoms with van der Waals surface area (Å²) in [6, 6.07) is 0.357. The lowest BCUT2D eigenvalue weighted by molar-refractivity contribution is 0.0934. The molecule has 1 aromatic heterocycles. The molecule has 1 aliphatic heterocycles. The van der Waals surface area contributed by atoms with Gasteiger partial charge in [0.2, 0.25) is 0 Å². The van der Waals surface area contributed by atoms with Crippen LogP contribution in [-0.2, 0) is 0 Å². The monoisotopic (exact) mass is 235 g/mol. The number of hydrogen-bond acceptors (Lipinski definition) is 4. The molecule has 0 spiro atoms. The molecule has 2 fully saturated rings. The van der Waals surface area contributed by atoms with Crippen LogP contribution in [0, 0.1) is 5.92 Å². The molecule has 17 heavy (non-hydrogen) atoms. The predicted octanol–water partition coefficient (Wildman–Crippen LogP) is -0.0477.